The van der Waals surface area contributed by atoms with E-state index in [1.54, 1.807) is 0 Å². The van der Waals surface area contributed by atoms with Crippen LogP contribution in [0.1, 0.15) is 12.1 Å². The summed E-state index contributed by atoms with van der Waals surface area (Å²) in [5.74, 6) is -1.77. The van der Waals surface area contributed by atoms with Gasteiger partial charge in [0.1, 0.15) is 5.52 Å². The molecule has 0 amide bonds. The van der Waals surface area contributed by atoms with Gasteiger partial charge in [-0.1, -0.05) is 11.6 Å². The number of alkyl halides is 5. The van der Waals surface area contributed by atoms with Crippen molar-refractivity contribution in [2.45, 2.75) is 12.6 Å². The van der Waals surface area contributed by atoms with Crippen molar-refractivity contribution in [3.63, 3.8) is 0 Å². The summed E-state index contributed by atoms with van der Waals surface area (Å²) in [6.45, 7) is -1.79. The first-order valence-corrected chi connectivity index (χ1v) is 7.20. The Morgan fingerprint density at radius 1 is 1.31 bits per heavy atom. The number of hydrogen-bond acceptors (Lipinski definition) is 5. The van der Waals surface area contributed by atoms with Gasteiger partial charge in [0.2, 0.25) is 5.88 Å². The lowest BCUT2D eigenvalue weighted by atomic mass is 10.1. The molecule has 3 aromatic rings. The summed E-state index contributed by atoms with van der Waals surface area (Å²) >= 11 is 5.91. The van der Waals surface area contributed by atoms with E-state index in [4.69, 9.17) is 16.0 Å². The maximum atomic E-state index is 13.2. The van der Waals surface area contributed by atoms with E-state index in [9.17, 15) is 26.7 Å². The Kier molecular flexibility index (Phi) is 4.57. The number of nitrogens with one attached hydrogen (secondary N) is 1. The highest BCUT2D eigenvalue weighted by atomic mass is 35.5. The van der Waals surface area contributed by atoms with E-state index in [0.29, 0.717) is 0 Å². The molecule has 1 aromatic carbocycles. The average Bonchev–Trinajstić information content (AvgIpc) is 2.95. The van der Waals surface area contributed by atoms with Crippen LogP contribution in [0.3, 0.4) is 0 Å². The molecule has 0 saturated carbocycles. The topological polar surface area (TPSA) is 81.0 Å². The third-order valence-electron chi connectivity index (χ3n) is 3.15. The summed E-state index contributed by atoms with van der Waals surface area (Å²) in [6.07, 6.45) is -7.05. The normalized spacial score (nSPS) is 12.1. The molecule has 2 heterocycles. The van der Waals surface area contributed by atoms with Crippen molar-refractivity contribution in [3.05, 3.63) is 39.6 Å². The first-order chi connectivity index (χ1) is 12.2. The Labute approximate surface area is 145 Å². The minimum atomic E-state index is -4.73. The Hall–Kier alpha value is -2.69. The Morgan fingerprint density at radius 2 is 2.04 bits per heavy atom. The number of ether oxygens (including phenoxy) is 1. The van der Waals surface area contributed by atoms with E-state index in [0.717, 1.165) is 6.20 Å². The minimum Gasteiger partial charge on any atom is -0.467 e. The minimum absolute atomic E-state index is 0.0547. The van der Waals surface area contributed by atoms with Crippen LogP contribution in [0, 0.1) is 0 Å². The summed E-state index contributed by atoms with van der Waals surface area (Å²) < 4.78 is 72.2. The molecule has 3 rings (SSSR count). The van der Waals surface area contributed by atoms with Crippen molar-refractivity contribution >= 4 is 22.7 Å². The molecule has 0 aliphatic rings. The van der Waals surface area contributed by atoms with Crippen LogP contribution in [0.15, 0.2) is 27.5 Å². The molecule has 0 aliphatic carbocycles. The molecule has 1 N–H and O–H groups in total. The van der Waals surface area contributed by atoms with Crippen LogP contribution in [0.5, 0.6) is 5.88 Å². The van der Waals surface area contributed by atoms with Gasteiger partial charge in [-0.3, -0.25) is 4.98 Å². The van der Waals surface area contributed by atoms with Gasteiger partial charge >= 0.3 is 11.9 Å². The van der Waals surface area contributed by atoms with Crippen LogP contribution in [-0.2, 0) is 0 Å². The number of H-pyrrole nitrogens is 1. The molecule has 12 heteroatoms. The number of aromatic amines is 1. The molecule has 0 spiro atoms. The number of nitrogens with zero attached hydrogens (tertiary/aromatic N) is 2. The smallest absolute Gasteiger partial charge is 0.422 e. The van der Waals surface area contributed by atoms with Crippen molar-refractivity contribution in [1.29, 1.82) is 0 Å². The van der Waals surface area contributed by atoms with Gasteiger partial charge in [-0.05, 0) is 12.1 Å². The highest BCUT2D eigenvalue weighted by Crippen LogP contribution is 2.33. The van der Waals surface area contributed by atoms with Gasteiger partial charge in [0.05, 0.1) is 16.9 Å². The molecule has 138 valence electrons. The van der Waals surface area contributed by atoms with Crippen molar-refractivity contribution in [2.75, 3.05) is 6.61 Å². The maximum Gasteiger partial charge on any atom is 0.422 e. The van der Waals surface area contributed by atoms with Crippen LogP contribution in [0.2, 0.25) is 5.02 Å². The molecular formula is C14H7ClF5N3O3. The van der Waals surface area contributed by atoms with Crippen molar-refractivity contribution in [2.24, 2.45) is 0 Å². The largest absolute Gasteiger partial charge is 0.467 e. The summed E-state index contributed by atoms with van der Waals surface area (Å²) in [5, 5.41) is 0.141. The number of benzene rings is 1. The number of aromatic nitrogens is 3. The molecule has 2 aromatic heterocycles. The predicted molar refractivity (Wildman–Crippen MR) is 79.4 cm³/mol. The van der Waals surface area contributed by atoms with Crippen LogP contribution in [-0.4, -0.2) is 27.7 Å². The van der Waals surface area contributed by atoms with E-state index in [2.05, 4.69) is 19.7 Å². The second-order valence-corrected chi connectivity index (χ2v) is 5.37. The molecule has 6 nitrogen and oxygen atoms in total. The highest BCUT2D eigenvalue weighted by molar-refractivity contribution is 6.35. The second-order valence-electron chi connectivity index (χ2n) is 4.96. The molecule has 0 aliphatic heterocycles. The standard InChI is InChI=1S/C14H7ClF5N3O3/c15-6-2-1-5(10-8(6)23-13(24)26-10)7-3-21-12(9(22-7)11(16)17)25-4-14(18,19)20/h1-3,11H,4H2,(H,23,24). The van der Waals surface area contributed by atoms with Crippen LogP contribution in [0.4, 0.5) is 22.0 Å². The zero-order chi connectivity index (χ0) is 19.1. The molecule has 0 unspecified atom stereocenters. The Bertz CT molecular complexity index is 1020. The van der Waals surface area contributed by atoms with Crippen LogP contribution < -0.4 is 10.5 Å². The van der Waals surface area contributed by atoms with Gasteiger partial charge in [0.15, 0.2) is 17.9 Å². The zero-order valence-corrected chi connectivity index (χ0v) is 13.2. The third kappa shape index (κ3) is 3.62. The molecule has 0 saturated heterocycles. The van der Waals surface area contributed by atoms with E-state index >= 15 is 0 Å². The lowest BCUT2D eigenvalue weighted by Gasteiger charge is -2.12. The first-order valence-electron chi connectivity index (χ1n) is 6.82. The molecular weight excluding hydrogens is 389 g/mol. The van der Waals surface area contributed by atoms with E-state index in [1.807, 2.05) is 0 Å². The number of fused-ring (bicyclic) bond motifs is 1. The SMILES string of the molecule is O=c1[nH]c2c(Cl)ccc(-c3cnc(OCC(F)(F)F)c(C(F)F)n3)c2o1. The zero-order valence-electron chi connectivity index (χ0n) is 12.4. The molecule has 0 atom stereocenters. The molecule has 0 fully saturated rings. The highest BCUT2D eigenvalue weighted by Gasteiger charge is 2.30. The van der Waals surface area contributed by atoms with E-state index in [-0.39, 0.29) is 27.4 Å². The molecule has 26 heavy (non-hydrogen) atoms. The summed E-state index contributed by atoms with van der Waals surface area (Å²) in [4.78, 5) is 20.8. The molecule has 0 radical (unpaired) electrons. The summed E-state index contributed by atoms with van der Waals surface area (Å²) in [7, 11) is 0. The fourth-order valence-corrected chi connectivity index (χ4v) is 2.32. The first kappa shape index (κ1) is 18.1. The third-order valence-corrected chi connectivity index (χ3v) is 3.46. The lowest BCUT2D eigenvalue weighted by Crippen LogP contribution is -2.20. The fraction of sp³-hybridized carbons (Fsp3) is 0.214. The van der Waals surface area contributed by atoms with E-state index in [1.165, 1.54) is 12.1 Å². The summed E-state index contributed by atoms with van der Waals surface area (Å²) in [6, 6.07) is 2.71. The van der Waals surface area contributed by atoms with Gasteiger partial charge < -0.3 is 9.15 Å². The van der Waals surface area contributed by atoms with Crippen LogP contribution in [0.25, 0.3) is 22.4 Å². The van der Waals surface area contributed by atoms with Gasteiger partial charge in [-0.2, -0.15) is 13.2 Å². The van der Waals surface area contributed by atoms with Gasteiger partial charge in [0, 0.05) is 5.56 Å². The molecule has 0 bridgehead atoms. The number of oxazole rings is 1. The maximum absolute atomic E-state index is 13.2. The Morgan fingerprint density at radius 3 is 2.69 bits per heavy atom. The number of rotatable bonds is 4. The lowest BCUT2D eigenvalue weighted by molar-refractivity contribution is -0.154. The van der Waals surface area contributed by atoms with Crippen molar-refractivity contribution in [1.82, 2.24) is 15.0 Å². The summed E-state index contributed by atoms with van der Waals surface area (Å²) in [5.41, 5.74) is -1.08. The monoisotopic (exact) mass is 395 g/mol. The van der Waals surface area contributed by atoms with Gasteiger partial charge in [0.25, 0.3) is 6.43 Å². The van der Waals surface area contributed by atoms with Crippen molar-refractivity contribution < 1.29 is 31.1 Å². The number of halogens is 6. The predicted octanol–water partition coefficient (Wildman–Crippen LogP) is 4.11. The van der Waals surface area contributed by atoms with Gasteiger partial charge in [-0.25, -0.2) is 23.5 Å². The van der Waals surface area contributed by atoms with Crippen LogP contribution >= 0.6 is 11.6 Å². The number of hydrogen-bond donors (Lipinski definition) is 1. The fourth-order valence-electron chi connectivity index (χ4n) is 2.13. The quantitative estimate of drug-likeness (QED) is 0.672. The Balaban J connectivity index is 2.08. The second kappa shape index (κ2) is 6.56. The van der Waals surface area contributed by atoms with Gasteiger partial charge in [-0.15, -0.1) is 0 Å². The van der Waals surface area contributed by atoms with Crippen molar-refractivity contribution in [3.8, 4) is 17.1 Å². The average molecular weight is 396 g/mol. The van der Waals surface area contributed by atoms with E-state index < -0.39 is 36.5 Å².